The molecule has 0 unspecified atom stereocenters. The van der Waals surface area contributed by atoms with Crippen LogP contribution in [-0.2, 0) is 19.6 Å². The summed E-state index contributed by atoms with van der Waals surface area (Å²) in [6, 6.07) is 0. The van der Waals surface area contributed by atoms with E-state index in [0.29, 0.717) is 6.61 Å². The van der Waals surface area contributed by atoms with E-state index < -0.39 is 21.7 Å². The molecule has 0 spiro atoms. The highest BCUT2D eigenvalue weighted by Gasteiger charge is 2.14. The van der Waals surface area contributed by atoms with Crippen LogP contribution < -0.4 is 4.72 Å². The zero-order valence-corrected chi connectivity index (χ0v) is 9.34. The molecule has 0 aromatic heterocycles. The fourth-order valence-electron chi connectivity index (χ4n) is 0.729. The molecule has 0 radical (unpaired) electrons. The Morgan fingerprint density at radius 1 is 1.53 bits per heavy atom. The second kappa shape index (κ2) is 6.54. The van der Waals surface area contributed by atoms with E-state index in [2.05, 4.69) is 11.3 Å². The van der Waals surface area contributed by atoms with Crippen molar-refractivity contribution in [3.63, 3.8) is 0 Å². The van der Waals surface area contributed by atoms with E-state index in [-0.39, 0.29) is 13.2 Å². The smallest absolute Gasteiger partial charge is 0.320 e. The number of carbonyl (C=O) groups is 1. The Bertz CT molecular complexity index is 322. The van der Waals surface area contributed by atoms with Gasteiger partial charge in [0.2, 0.25) is 10.0 Å². The van der Waals surface area contributed by atoms with Gasteiger partial charge in [0.15, 0.2) is 5.75 Å². The third kappa shape index (κ3) is 9.39. The van der Waals surface area contributed by atoms with Crippen molar-refractivity contribution in [2.24, 2.45) is 0 Å². The number of aliphatic carboxylic acids is 1. The van der Waals surface area contributed by atoms with Crippen molar-refractivity contribution in [1.29, 1.82) is 0 Å². The van der Waals surface area contributed by atoms with E-state index in [1.54, 1.807) is 6.92 Å². The number of rotatable bonds is 8. The van der Waals surface area contributed by atoms with Gasteiger partial charge in [0.25, 0.3) is 0 Å². The Morgan fingerprint density at radius 3 is 2.60 bits per heavy atom. The summed E-state index contributed by atoms with van der Waals surface area (Å²) in [4.78, 5) is 10.1. The minimum Gasteiger partial charge on any atom is -0.480 e. The summed E-state index contributed by atoms with van der Waals surface area (Å²) < 4.78 is 29.1. The molecule has 0 saturated carbocycles. The number of ether oxygens (including phenoxy) is 1. The third-order valence-corrected chi connectivity index (χ3v) is 2.50. The highest BCUT2D eigenvalue weighted by molar-refractivity contribution is 7.90. The van der Waals surface area contributed by atoms with Gasteiger partial charge in [-0.2, -0.15) is 0 Å². The monoisotopic (exact) mass is 237 g/mol. The van der Waals surface area contributed by atoms with E-state index in [1.807, 2.05) is 0 Å². The van der Waals surface area contributed by atoms with Gasteiger partial charge < -0.3 is 9.84 Å². The Hall–Kier alpha value is -0.920. The highest BCUT2D eigenvalue weighted by atomic mass is 32.2. The maximum atomic E-state index is 11.0. The van der Waals surface area contributed by atoms with Gasteiger partial charge in [0.1, 0.15) is 0 Å². The Kier molecular flexibility index (Phi) is 6.14. The van der Waals surface area contributed by atoms with Crippen LogP contribution in [0.1, 0.15) is 6.92 Å². The van der Waals surface area contributed by atoms with Crippen molar-refractivity contribution in [2.75, 3.05) is 25.5 Å². The summed E-state index contributed by atoms with van der Waals surface area (Å²) in [5.74, 6) is -2.31. The molecule has 6 nitrogen and oxygen atoms in total. The Labute approximate surface area is 89.0 Å². The predicted octanol–water partition coefficient (Wildman–Crippen LogP) is -0.417. The molecule has 0 heterocycles. The van der Waals surface area contributed by atoms with Gasteiger partial charge in [-0.25, -0.2) is 13.1 Å². The van der Waals surface area contributed by atoms with Gasteiger partial charge >= 0.3 is 5.97 Å². The average molecular weight is 237 g/mol. The first-order valence-corrected chi connectivity index (χ1v) is 5.90. The zero-order chi connectivity index (χ0) is 11.9. The van der Waals surface area contributed by atoms with E-state index in [9.17, 15) is 13.2 Å². The summed E-state index contributed by atoms with van der Waals surface area (Å²) in [7, 11) is -3.73. The molecule has 0 aromatic carbocycles. The van der Waals surface area contributed by atoms with E-state index >= 15 is 0 Å². The molecule has 0 bridgehead atoms. The van der Waals surface area contributed by atoms with Crippen molar-refractivity contribution in [1.82, 2.24) is 4.72 Å². The Balaban J connectivity index is 3.67. The minimum absolute atomic E-state index is 0.0584. The first-order valence-electron chi connectivity index (χ1n) is 4.25. The van der Waals surface area contributed by atoms with Crippen LogP contribution >= 0.6 is 0 Å². The van der Waals surface area contributed by atoms with Gasteiger partial charge in [-0.15, -0.1) is 0 Å². The molecule has 7 heteroatoms. The molecule has 2 N–H and O–H groups in total. The van der Waals surface area contributed by atoms with Crippen LogP contribution in [0.25, 0.3) is 0 Å². The fourth-order valence-corrected chi connectivity index (χ4v) is 1.55. The lowest BCUT2D eigenvalue weighted by Gasteiger charge is -2.05. The lowest BCUT2D eigenvalue weighted by molar-refractivity contribution is -0.134. The molecule has 0 rings (SSSR count). The second-order valence-corrected chi connectivity index (χ2v) is 4.86. The lowest BCUT2D eigenvalue weighted by atomic mass is 10.4. The molecule has 0 atom stereocenters. The van der Waals surface area contributed by atoms with Gasteiger partial charge in [0, 0.05) is 6.54 Å². The number of carboxylic acid groups (broad SMARTS) is 1. The van der Waals surface area contributed by atoms with Gasteiger partial charge in [-0.1, -0.05) is 12.2 Å². The molecule has 0 amide bonds. The number of nitrogens with one attached hydrogen (secondary N) is 1. The molecule has 0 aromatic rings. The molecule has 88 valence electrons. The van der Waals surface area contributed by atoms with Crippen molar-refractivity contribution in [3.05, 3.63) is 12.2 Å². The molecular formula is C8H15NO5S. The van der Waals surface area contributed by atoms with E-state index in [0.717, 1.165) is 5.57 Å². The first kappa shape index (κ1) is 14.1. The second-order valence-electron chi connectivity index (χ2n) is 3.06. The van der Waals surface area contributed by atoms with Gasteiger partial charge in [0.05, 0.1) is 13.2 Å². The van der Waals surface area contributed by atoms with Crippen LogP contribution in [0.5, 0.6) is 0 Å². The standard InChI is InChI=1S/C8H15NO5S/c1-7(2)5-14-4-3-9-15(12,13)6-8(10)11/h9H,1,3-6H2,2H3,(H,10,11). The minimum atomic E-state index is -3.73. The topological polar surface area (TPSA) is 92.7 Å². The molecule has 0 aliphatic rings. The average Bonchev–Trinajstić information content (AvgIpc) is 1.99. The van der Waals surface area contributed by atoms with Gasteiger partial charge in [-0.3, -0.25) is 4.79 Å². The maximum absolute atomic E-state index is 11.0. The van der Waals surface area contributed by atoms with Crippen molar-refractivity contribution >= 4 is 16.0 Å². The number of hydrogen-bond acceptors (Lipinski definition) is 4. The SMILES string of the molecule is C=C(C)COCCNS(=O)(=O)CC(=O)O. The fraction of sp³-hybridized carbons (Fsp3) is 0.625. The van der Waals surface area contributed by atoms with Crippen LogP contribution in [0, 0.1) is 0 Å². The van der Waals surface area contributed by atoms with Crippen LogP contribution in [-0.4, -0.2) is 45.0 Å². The largest absolute Gasteiger partial charge is 0.480 e. The number of hydrogen-bond donors (Lipinski definition) is 2. The van der Waals surface area contributed by atoms with Crippen LogP contribution in [0.2, 0.25) is 0 Å². The predicted molar refractivity (Wildman–Crippen MR) is 55.1 cm³/mol. The van der Waals surface area contributed by atoms with Gasteiger partial charge in [-0.05, 0) is 6.92 Å². The summed E-state index contributed by atoms with van der Waals surface area (Å²) in [6.07, 6.45) is 0. The number of carboxylic acids is 1. The van der Waals surface area contributed by atoms with E-state index in [4.69, 9.17) is 9.84 Å². The first-order chi connectivity index (χ1) is 6.83. The van der Waals surface area contributed by atoms with Crippen LogP contribution in [0.15, 0.2) is 12.2 Å². The highest BCUT2D eigenvalue weighted by Crippen LogP contribution is 1.88. The maximum Gasteiger partial charge on any atom is 0.320 e. The van der Waals surface area contributed by atoms with E-state index in [1.165, 1.54) is 0 Å². The number of sulfonamides is 1. The van der Waals surface area contributed by atoms with Crippen LogP contribution in [0.4, 0.5) is 0 Å². The van der Waals surface area contributed by atoms with Crippen molar-refractivity contribution in [3.8, 4) is 0 Å². The molecule has 0 aliphatic carbocycles. The summed E-state index contributed by atoms with van der Waals surface area (Å²) >= 11 is 0. The normalized spacial score (nSPS) is 11.3. The van der Waals surface area contributed by atoms with Crippen molar-refractivity contribution < 1.29 is 23.1 Å². The summed E-state index contributed by atoms with van der Waals surface area (Å²) in [6.45, 7) is 5.99. The summed E-state index contributed by atoms with van der Waals surface area (Å²) in [5, 5.41) is 8.26. The third-order valence-electron chi connectivity index (χ3n) is 1.23. The molecule has 0 fully saturated rings. The van der Waals surface area contributed by atoms with Crippen LogP contribution in [0.3, 0.4) is 0 Å². The Morgan fingerprint density at radius 2 is 2.13 bits per heavy atom. The summed E-state index contributed by atoms with van der Waals surface area (Å²) in [5.41, 5.74) is 0.836. The lowest BCUT2D eigenvalue weighted by Crippen LogP contribution is -2.32. The quantitative estimate of drug-likeness (QED) is 0.442. The van der Waals surface area contributed by atoms with Crippen molar-refractivity contribution in [2.45, 2.75) is 6.92 Å². The molecule has 15 heavy (non-hydrogen) atoms. The zero-order valence-electron chi connectivity index (χ0n) is 8.52. The molecule has 0 aliphatic heterocycles. The molecular weight excluding hydrogens is 222 g/mol. The molecule has 0 saturated heterocycles.